The summed E-state index contributed by atoms with van der Waals surface area (Å²) in [5.41, 5.74) is 1.46. The highest BCUT2D eigenvalue weighted by Crippen LogP contribution is 2.35. The van der Waals surface area contributed by atoms with E-state index in [-0.39, 0.29) is 5.78 Å². The number of halogens is 2. The summed E-state index contributed by atoms with van der Waals surface area (Å²) in [5.74, 6) is -0.716. The van der Waals surface area contributed by atoms with Crippen LogP contribution < -0.4 is 4.74 Å². The summed E-state index contributed by atoms with van der Waals surface area (Å²) in [6.45, 7) is 1.90. The molecule has 0 bridgehead atoms. The Hall–Kier alpha value is -1.35. The number of hydrogen-bond acceptors (Lipinski definition) is 4. The number of thiophene rings is 1. The summed E-state index contributed by atoms with van der Waals surface area (Å²) in [6, 6.07) is 8.74. The Balaban J connectivity index is 2.47. The summed E-state index contributed by atoms with van der Waals surface area (Å²) < 4.78 is 6.12. The van der Waals surface area contributed by atoms with E-state index in [1.54, 1.807) is 24.3 Å². The number of nitriles is 1. The zero-order valence-corrected chi connectivity index (χ0v) is 14.5. The third kappa shape index (κ3) is 3.29. The molecule has 0 amide bonds. The summed E-state index contributed by atoms with van der Waals surface area (Å²) in [6.07, 6.45) is 0. The first-order valence-corrected chi connectivity index (χ1v) is 8.00. The molecule has 0 fully saturated rings. The highest BCUT2D eigenvalue weighted by Gasteiger charge is 2.27. The van der Waals surface area contributed by atoms with Crippen LogP contribution in [0.15, 0.2) is 28.1 Å². The maximum Gasteiger partial charge on any atom is 0.194 e. The van der Waals surface area contributed by atoms with Gasteiger partial charge in [-0.05, 0) is 52.7 Å². The van der Waals surface area contributed by atoms with Gasteiger partial charge in [0.05, 0.1) is 21.8 Å². The van der Waals surface area contributed by atoms with Crippen LogP contribution in [-0.2, 0) is 0 Å². The monoisotopic (exact) mass is 383 g/mol. The van der Waals surface area contributed by atoms with E-state index in [2.05, 4.69) is 22.0 Å². The molecule has 1 unspecified atom stereocenters. The van der Waals surface area contributed by atoms with Crippen LogP contribution in [0.4, 0.5) is 0 Å². The fraction of sp³-hybridized carbons (Fsp3) is 0.200. The molecule has 21 heavy (non-hydrogen) atoms. The van der Waals surface area contributed by atoms with Gasteiger partial charge in [-0.1, -0.05) is 11.6 Å². The van der Waals surface area contributed by atoms with Crippen molar-refractivity contribution >= 4 is 44.7 Å². The van der Waals surface area contributed by atoms with E-state index in [1.807, 2.05) is 6.92 Å². The minimum atomic E-state index is -0.941. The molecule has 1 aromatic carbocycles. The predicted molar refractivity (Wildman–Crippen MR) is 87.4 cm³/mol. The molecular weight excluding hydrogens is 374 g/mol. The van der Waals surface area contributed by atoms with Gasteiger partial charge in [0, 0.05) is 10.6 Å². The topological polar surface area (TPSA) is 50.1 Å². The van der Waals surface area contributed by atoms with Gasteiger partial charge >= 0.3 is 0 Å². The summed E-state index contributed by atoms with van der Waals surface area (Å²) in [5, 5.41) is 9.88. The number of carbonyl (C=O) groups excluding carboxylic acids is 1. The summed E-state index contributed by atoms with van der Waals surface area (Å²) in [7, 11) is 1.50. The maximum atomic E-state index is 12.6. The molecule has 0 N–H and O–H groups in total. The quantitative estimate of drug-likeness (QED) is 0.699. The van der Waals surface area contributed by atoms with Gasteiger partial charge in [0.1, 0.15) is 11.7 Å². The minimum Gasteiger partial charge on any atom is -0.496 e. The number of ketones is 1. The molecule has 1 atom stereocenters. The van der Waals surface area contributed by atoms with E-state index in [4.69, 9.17) is 16.3 Å². The van der Waals surface area contributed by atoms with Crippen LogP contribution in [0.25, 0.3) is 0 Å². The third-order valence-electron chi connectivity index (χ3n) is 2.99. The molecule has 0 radical (unpaired) electrons. The van der Waals surface area contributed by atoms with Gasteiger partial charge in [-0.3, -0.25) is 4.79 Å². The fourth-order valence-electron chi connectivity index (χ4n) is 1.92. The van der Waals surface area contributed by atoms with Crippen LogP contribution >= 0.6 is 38.9 Å². The maximum absolute atomic E-state index is 12.6. The van der Waals surface area contributed by atoms with Gasteiger partial charge in [-0.25, -0.2) is 0 Å². The highest BCUT2D eigenvalue weighted by atomic mass is 79.9. The Kier molecular flexibility index (Phi) is 5.04. The van der Waals surface area contributed by atoms with Crippen LogP contribution in [0.1, 0.15) is 26.7 Å². The summed E-state index contributed by atoms with van der Waals surface area (Å²) in [4.78, 5) is 13.1. The lowest BCUT2D eigenvalue weighted by Crippen LogP contribution is -2.11. The number of hydrogen-bond donors (Lipinski definition) is 0. The van der Waals surface area contributed by atoms with Crippen LogP contribution in [0.2, 0.25) is 5.02 Å². The van der Waals surface area contributed by atoms with Crippen LogP contribution in [0.5, 0.6) is 5.75 Å². The summed E-state index contributed by atoms with van der Waals surface area (Å²) >= 11 is 10.7. The lowest BCUT2D eigenvalue weighted by Gasteiger charge is -2.12. The minimum absolute atomic E-state index is 0.253. The van der Waals surface area contributed by atoms with Gasteiger partial charge in [0.25, 0.3) is 0 Å². The van der Waals surface area contributed by atoms with Crippen molar-refractivity contribution in [3.63, 3.8) is 0 Å². The Bertz CT molecular complexity index is 716. The SMILES string of the molecule is COc1ccc(Cl)cc1C(C#N)C(=O)c1cc(C)c(Br)s1. The van der Waals surface area contributed by atoms with Gasteiger partial charge in [-0.2, -0.15) is 5.26 Å². The highest BCUT2D eigenvalue weighted by molar-refractivity contribution is 9.11. The lowest BCUT2D eigenvalue weighted by molar-refractivity contribution is 0.0981. The van der Waals surface area contributed by atoms with E-state index < -0.39 is 5.92 Å². The molecule has 0 spiro atoms. The van der Waals surface area contributed by atoms with Crippen molar-refractivity contribution in [3.8, 4) is 11.8 Å². The van der Waals surface area contributed by atoms with Crippen molar-refractivity contribution < 1.29 is 9.53 Å². The van der Waals surface area contributed by atoms with Crippen molar-refractivity contribution in [2.75, 3.05) is 7.11 Å². The molecule has 2 aromatic rings. The van der Waals surface area contributed by atoms with Crippen molar-refractivity contribution in [1.29, 1.82) is 5.26 Å². The smallest absolute Gasteiger partial charge is 0.194 e. The van der Waals surface area contributed by atoms with E-state index >= 15 is 0 Å². The first-order valence-electron chi connectivity index (χ1n) is 6.01. The van der Waals surface area contributed by atoms with Gasteiger partial charge < -0.3 is 4.74 Å². The number of nitrogens with zero attached hydrogens (tertiary/aromatic N) is 1. The number of carbonyl (C=O) groups is 1. The zero-order chi connectivity index (χ0) is 15.6. The molecule has 1 heterocycles. The standard InChI is InChI=1S/C15H11BrClNO2S/c1-8-5-13(21-15(8)16)14(19)11(7-18)10-6-9(17)3-4-12(10)20-2/h3-6,11H,1-2H3. The van der Waals surface area contributed by atoms with E-state index in [1.165, 1.54) is 18.4 Å². The third-order valence-corrected chi connectivity index (χ3v) is 5.38. The van der Waals surface area contributed by atoms with Crippen LogP contribution in [-0.4, -0.2) is 12.9 Å². The number of Topliss-reactive ketones (excluding diaryl/α,β-unsaturated/α-hetero) is 1. The van der Waals surface area contributed by atoms with Crippen molar-refractivity contribution in [2.45, 2.75) is 12.8 Å². The average Bonchev–Trinajstić information content (AvgIpc) is 2.80. The lowest BCUT2D eigenvalue weighted by atomic mass is 9.94. The molecule has 6 heteroatoms. The fourth-order valence-corrected chi connectivity index (χ4v) is 3.61. The molecule has 0 aliphatic rings. The molecule has 0 saturated carbocycles. The predicted octanol–water partition coefficient (Wildman–Crippen LogP) is 4.97. The Morgan fingerprint density at radius 3 is 2.71 bits per heavy atom. The number of aryl methyl sites for hydroxylation is 1. The molecule has 0 aliphatic carbocycles. The van der Waals surface area contributed by atoms with E-state index in [0.29, 0.717) is 21.2 Å². The van der Waals surface area contributed by atoms with Crippen LogP contribution in [0.3, 0.4) is 0 Å². The largest absolute Gasteiger partial charge is 0.496 e. The van der Waals surface area contributed by atoms with Gasteiger partial charge in [0.15, 0.2) is 5.78 Å². The Morgan fingerprint density at radius 2 is 2.19 bits per heavy atom. The van der Waals surface area contributed by atoms with E-state index in [0.717, 1.165) is 9.35 Å². The molecule has 108 valence electrons. The van der Waals surface area contributed by atoms with Crippen LogP contribution in [0, 0.1) is 18.3 Å². The van der Waals surface area contributed by atoms with Gasteiger partial charge in [-0.15, -0.1) is 11.3 Å². The van der Waals surface area contributed by atoms with E-state index in [9.17, 15) is 10.1 Å². The van der Waals surface area contributed by atoms with Gasteiger partial charge in [0.2, 0.25) is 0 Å². The second-order valence-corrected chi connectivity index (χ2v) is 7.19. The average molecular weight is 385 g/mol. The number of rotatable bonds is 4. The van der Waals surface area contributed by atoms with Crippen molar-refractivity contribution in [3.05, 3.63) is 49.1 Å². The second-order valence-electron chi connectivity index (χ2n) is 4.38. The first-order chi connectivity index (χ1) is 9.97. The molecule has 2 rings (SSSR count). The Labute approximate surface area is 140 Å². The molecule has 0 saturated heterocycles. The molecule has 1 aromatic heterocycles. The Morgan fingerprint density at radius 1 is 1.48 bits per heavy atom. The molecule has 3 nitrogen and oxygen atoms in total. The number of benzene rings is 1. The number of methoxy groups -OCH3 is 1. The molecular formula is C15H11BrClNO2S. The van der Waals surface area contributed by atoms with Crippen molar-refractivity contribution in [2.24, 2.45) is 0 Å². The zero-order valence-electron chi connectivity index (χ0n) is 11.3. The van der Waals surface area contributed by atoms with Crippen molar-refractivity contribution in [1.82, 2.24) is 0 Å². The number of ether oxygens (including phenoxy) is 1. The molecule has 0 aliphatic heterocycles. The first kappa shape index (κ1) is 16.0. The second kappa shape index (κ2) is 6.61. The normalized spacial score (nSPS) is 11.8.